The van der Waals surface area contributed by atoms with Crippen LogP contribution in [0.2, 0.25) is 0 Å². The van der Waals surface area contributed by atoms with Gasteiger partial charge in [-0.25, -0.2) is 26.0 Å². The third-order valence-corrected chi connectivity index (χ3v) is 8.23. The van der Waals surface area contributed by atoms with Gasteiger partial charge in [0.05, 0.1) is 5.25 Å². The molecule has 0 bridgehead atoms. The predicted molar refractivity (Wildman–Crippen MR) is 117 cm³/mol. The average Bonchev–Trinajstić information content (AvgIpc) is 3.31. The molecule has 0 saturated carbocycles. The summed E-state index contributed by atoms with van der Waals surface area (Å²) in [6.07, 6.45) is -5.70. The summed E-state index contributed by atoms with van der Waals surface area (Å²) in [4.78, 5) is 12.7. The molecule has 0 aliphatic rings. The first-order valence-electron chi connectivity index (χ1n) is 9.29. The quantitative estimate of drug-likeness (QED) is 0.205. The minimum absolute atomic E-state index is 0.0943. The molecule has 2 N–H and O–H groups in total. The molecule has 0 spiro atoms. The summed E-state index contributed by atoms with van der Waals surface area (Å²) < 4.78 is 120. The fourth-order valence-electron chi connectivity index (χ4n) is 2.70. The van der Waals surface area contributed by atoms with Crippen molar-refractivity contribution in [1.82, 2.24) is 0 Å². The molecule has 1 amide bonds. The Morgan fingerprint density at radius 3 is 2.03 bits per heavy atom. The van der Waals surface area contributed by atoms with Gasteiger partial charge in [-0.1, -0.05) is 6.07 Å². The fourth-order valence-corrected chi connectivity index (χ4v) is 5.62. The molecule has 15 heteroatoms. The largest absolute Gasteiger partial charge is 0.422 e. The maximum atomic E-state index is 14.0. The van der Waals surface area contributed by atoms with Gasteiger partial charge in [0.1, 0.15) is 15.5 Å². The first-order chi connectivity index (χ1) is 16.2. The molecule has 0 radical (unpaired) electrons. The Morgan fingerprint density at radius 2 is 1.54 bits per heavy atom. The van der Waals surface area contributed by atoms with Crippen molar-refractivity contribution in [3.8, 4) is 0 Å². The molecule has 188 valence electrons. The first-order valence-corrected chi connectivity index (χ1v) is 12.5. The second-order valence-electron chi connectivity index (χ2n) is 6.81. The van der Waals surface area contributed by atoms with Crippen molar-refractivity contribution in [2.75, 3.05) is 10.0 Å². The molecular weight excluding hydrogens is 545 g/mol. The van der Waals surface area contributed by atoms with Crippen molar-refractivity contribution >= 4 is 50.4 Å². The number of thioether (sulfide) groups is 1. The number of alkyl halides is 3. The van der Waals surface area contributed by atoms with Crippen LogP contribution >= 0.6 is 23.1 Å². The lowest BCUT2D eigenvalue weighted by molar-refractivity contribution is -0.143. The summed E-state index contributed by atoms with van der Waals surface area (Å²) in [5.41, 5.74) is -4.23. The highest BCUT2D eigenvalue weighted by atomic mass is 32.2. The van der Waals surface area contributed by atoms with E-state index in [-0.39, 0.29) is 9.90 Å². The molecule has 0 aliphatic carbocycles. The van der Waals surface area contributed by atoms with Crippen LogP contribution in [-0.4, -0.2) is 19.6 Å². The highest BCUT2D eigenvalue weighted by molar-refractivity contribution is 8.00. The van der Waals surface area contributed by atoms with Crippen LogP contribution in [0.4, 0.5) is 42.1 Å². The van der Waals surface area contributed by atoms with Crippen LogP contribution in [0.3, 0.4) is 0 Å². The minimum atomic E-state index is -5.70. The normalized spacial score (nSPS) is 12.9. The van der Waals surface area contributed by atoms with Crippen molar-refractivity contribution < 1.29 is 43.9 Å². The van der Waals surface area contributed by atoms with Gasteiger partial charge in [0.2, 0.25) is 5.91 Å². The van der Waals surface area contributed by atoms with Crippen molar-refractivity contribution in [3.63, 3.8) is 0 Å². The van der Waals surface area contributed by atoms with E-state index in [2.05, 4.69) is 4.72 Å². The fraction of sp³-hybridized carbons (Fsp3) is 0.150. The Hall–Kier alpha value is -2.78. The van der Waals surface area contributed by atoms with Crippen molar-refractivity contribution in [2.45, 2.75) is 27.5 Å². The first kappa shape index (κ1) is 26.8. The van der Waals surface area contributed by atoms with Crippen LogP contribution in [0.1, 0.15) is 12.5 Å². The Balaban J connectivity index is 1.71. The summed E-state index contributed by atoms with van der Waals surface area (Å²) in [6.45, 7) is 1.26. The Labute approximate surface area is 202 Å². The molecule has 0 fully saturated rings. The molecule has 2 aromatic carbocycles. The van der Waals surface area contributed by atoms with Crippen LogP contribution in [0.25, 0.3) is 0 Å². The van der Waals surface area contributed by atoms with E-state index in [0.717, 1.165) is 23.1 Å². The van der Waals surface area contributed by atoms with E-state index in [1.165, 1.54) is 37.3 Å². The minimum Gasteiger partial charge on any atom is -0.320 e. The molecule has 1 aromatic heterocycles. The highest BCUT2D eigenvalue weighted by Gasteiger charge is 2.42. The number of sulfonamides is 1. The maximum Gasteiger partial charge on any atom is 0.422 e. The zero-order chi connectivity index (χ0) is 26.1. The second-order valence-corrected chi connectivity index (χ2v) is 11.1. The number of hydrogen-bond acceptors (Lipinski definition) is 5. The van der Waals surface area contributed by atoms with Crippen LogP contribution in [0, 0.1) is 23.3 Å². The second kappa shape index (κ2) is 10.1. The maximum absolute atomic E-state index is 14.0. The average molecular weight is 559 g/mol. The van der Waals surface area contributed by atoms with E-state index in [1.54, 1.807) is 16.8 Å². The van der Waals surface area contributed by atoms with Crippen LogP contribution in [0.15, 0.2) is 50.9 Å². The lowest BCUT2D eigenvalue weighted by Gasteiger charge is -2.16. The molecular formula is C20H13F7N2O3S3. The summed E-state index contributed by atoms with van der Waals surface area (Å²) >= 11 is 1.84. The van der Waals surface area contributed by atoms with E-state index >= 15 is 0 Å². The van der Waals surface area contributed by atoms with Gasteiger partial charge in [-0.3, -0.25) is 9.52 Å². The Bertz CT molecular complexity index is 1310. The standard InChI is InChI=1S/C20H13F7N2O3S3/c1-9(19(30)28-18-16(23)14(21)13(20(25,26)27)15(22)17(18)24)34-11-6-4-10(5-7-11)29-35(31,32)12-3-2-8-33-12/h2-9,29H,1H3,(H,28,30). The number of carbonyl (C=O) groups is 1. The predicted octanol–water partition coefficient (Wildman–Crippen LogP) is 6.24. The lowest BCUT2D eigenvalue weighted by Crippen LogP contribution is -2.25. The van der Waals surface area contributed by atoms with Gasteiger partial charge >= 0.3 is 6.18 Å². The van der Waals surface area contributed by atoms with Gasteiger partial charge in [0.25, 0.3) is 10.0 Å². The smallest absolute Gasteiger partial charge is 0.320 e. The number of rotatable bonds is 7. The SMILES string of the molecule is CC(Sc1ccc(NS(=O)(=O)c2cccs2)cc1)C(=O)Nc1c(F)c(F)c(C(F)(F)F)c(F)c1F. The van der Waals surface area contributed by atoms with E-state index in [0.29, 0.717) is 4.90 Å². The molecule has 1 unspecified atom stereocenters. The summed E-state index contributed by atoms with van der Waals surface area (Å²) in [7, 11) is -3.79. The molecule has 1 heterocycles. The number of amides is 1. The van der Waals surface area contributed by atoms with Gasteiger partial charge in [-0.15, -0.1) is 23.1 Å². The molecule has 5 nitrogen and oxygen atoms in total. The number of halogens is 7. The van der Waals surface area contributed by atoms with Crippen molar-refractivity contribution in [3.05, 3.63) is 70.6 Å². The third-order valence-electron chi connectivity index (χ3n) is 4.34. The van der Waals surface area contributed by atoms with Gasteiger partial charge in [0.15, 0.2) is 23.3 Å². The molecule has 3 aromatic rings. The van der Waals surface area contributed by atoms with E-state index in [9.17, 15) is 43.9 Å². The summed E-state index contributed by atoms with van der Waals surface area (Å²) in [5.74, 6) is -11.3. The van der Waals surface area contributed by atoms with E-state index < -0.39 is 61.9 Å². The number of anilines is 2. The number of thiophene rings is 1. The van der Waals surface area contributed by atoms with Crippen molar-refractivity contribution in [1.29, 1.82) is 0 Å². The van der Waals surface area contributed by atoms with Gasteiger partial charge in [-0.05, 0) is 42.6 Å². The van der Waals surface area contributed by atoms with Crippen LogP contribution in [0.5, 0.6) is 0 Å². The Kier molecular flexibility index (Phi) is 7.71. The van der Waals surface area contributed by atoms with Gasteiger partial charge in [-0.2, -0.15) is 13.2 Å². The van der Waals surface area contributed by atoms with E-state index in [1.807, 2.05) is 0 Å². The molecule has 3 rings (SSSR count). The zero-order valence-corrected chi connectivity index (χ0v) is 19.7. The summed E-state index contributed by atoms with van der Waals surface area (Å²) in [6, 6.07) is 8.61. The zero-order valence-electron chi connectivity index (χ0n) is 17.2. The topological polar surface area (TPSA) is 75.3 Å². The van der Waals surface area contributed by atoms with Gasteiger partial charge in [0, 0.05) is 10.6 Å². The number of nitrogens with one attached hydrogen (secondary N) is 2. The summed E-state index contributed by atoms with van der Waals surface area (Å²) in [5, 5.41) is 2.03. The molecule has 0 aliphatic heterocycles. The highest BCUT2D eigenvalue weighted by Crippen LogP contribution is 2.38. The monoisotopic (exact) mass is 558 g/mol. The Morgan fingerprint density at radius 1 is 0.971 bits per heavy atom. The van der Waals surface area contributed by atoms with Crippen LogP contribution in [-0.2, 0) is 21.0 Å². The lowest BCUT2D eigenvalue weighted by atomic mass is 10.1. The van der Waals surface area contributed by atoms with Crippen molar-refractivity contribution in [2.24, 2.45) is 0 Å². The third kappa shape index (κ3) is 5.90. The molecule has 35 heavy (non-hydrogen) atoms. The molecule has 1 atom stereocenters. The van der Waals surface area contributed by atoms with Gasteiger partial charge < -0.3 is 5.32 Å². The molecule has 0 saturated heterocycles. The van der Waals surface area contributed by atoms with Crippen LogP contribution < -0.4 is 10.0 Å². The number of carbonyl (C=O) groups excluding carboxylic acids is 1. The number of benzene rings is 2. The number of hydrogen-bond donors (Lipinski definition) is 2. The van der Waals surface area contributed by atoms with E-state index in [4.69, 9.17) is 0 Å².